The molecule has 102 valence electrons. The zero-order valence-corrected chi connectivity index (χ0v) is 10.6. The number of carbonyl (C=O) groups excluding carboxylic acids is 1. The topological polar surface area (TPSA) is 91.3 Å². The Kier molecular flexibility index (Phi) is 4.33. The van der Waals surface area contributed by atoms with E-state index >= 15 is 0 Å². The number of urea groups is 1. The molecule has 1 aliphatic rings. The van der Waals surface area contributed by atoms with E-state index in [1.54, 1.807) is 0 Å². The molecule has 1 aliphatic carbocycles. The number of hydrogen-bond acceptors (Lipinski definition) is 3. The molecule has 0 saturated heterocycles. The van der Waals surface area contributed by atoms with Crippen molar-refractivity contribution < 1.29 is 14.7 Å². The van der Waals surface area contributed by atoms with Crippen LogP contribution in [-0.2, 0) is 0 Å². The number of anilines is 1. The number of hydrogen-bond donors (Lipinski definition) is 3. The Balaban J connectivity index is 1.96. The fourth-order valence-electron chi connectivity index (χ4n) is 2.27. The van der Waals surface area contributed by atoms with Gasteiger partial charge >= 0.3 is 12.0 Å². The Hall–Kier alpha value is -2.11. The maximum Gasteiger partial charge on any atom is 0.337 e. The number of pyridine rings is 1. The predicted molar refractivity (Wildman–Crippen MR) is 70.2 cm³/mol. The standard InChI is InChI=1S/C13H17N3O3/c17-12(18)10-6-7-14-8-11(10)16-13(19)15-9-4-2-1-3-5-9/h6-9H,1-5H2,(H,17,18)(H2,15,16,19). The first-order valence-electron chi connectivity index (χ1n) is 6.41. The van der Waals surface area contributed by atoms with Gasteiger partial charge in [-0.25, -0.2) is 9.59 Å². The third kappa shape index (κ3) is 3.67. The molecule has 0 unspecified atom stereocenters. The molecule has 2 rings (SSSR count). The second-order valence-electron chi connectivity index (χ2n) is 4.66. The van der Waals surface area contributed by atoms with E-state index in [1.807, 2.05) is 0 Å². The molecule has 0 aromatic carbocycles. The number of carboxylic acid groups (broad SMARTS) is 1. The van der Waals surface area contributed by atoms with Crippen LogP contribution in [0.15, 0.2) is 18.5 Å². The predicted octanol–water partition coefficient (Wildman–Crippen LogP) is 2.23. The van der Waals surface area contributed by atoms with Crippen molar-refractivity contribution in [3.8, 4) is 0 Å². The van der Waals surface area contributed by atoms with Crippen molar-refractivity contribution in [1.29, 1.82) is 0 Å². The Bertz CT molecular complexity index is 470. The molecule has 1 aromatic heterocycles. The average molecular weight is 263 g/mol. The molecule has 0 spiro atoms. The molecular formula is C13H17N3O3. The summed E-state index contributed by atoms with van der Waals surface area (Å²) in [5, 5.41) is 14.4. The number of carboxylic acids is 1. The van der Waals surface area contributed by atoms with Crippen molar-refractivity contribution in [1.82, 2.24) is 10.3 Å². The molecule has 19 heavy (non-hydrogen) atoms. The van der Waals surface area contributed by atoms with Crippen LogP contribution in [0, 0.1) is 0 Å². The lowest BCUT2D eigenvalue weighted by molar-refractivity contribution is 0.0698. The van der Waals surface area contributed by atoms with Gasteiger partial charge in [0, 0.05) is 12.2 Å². The Labute approximate surface area is 111 Å². The largest absolute Gasteiger partial charge is 0.478 e. The summed E-state index contributed by atoms with van der Waals surface area (Å²) in [5.41, 5.74) is 0.247. The van der Waals surface area contributed by atoms with E-state index in [9.17, 15) is 9.59 Å². The lowest BCUT2D eigenvalue weighted by Crippen LogP contribution is -2.39. The van der Waals surface area contributed by atoms with Crippen LogP contribution in [0.4, 0.5) is 10.5 Å². The van der Waals surface area contributed by atoms with Crippen molar-refractivity contribution in [2.24, 2.45) is 0 Å². The summed E-state index contributed by atoms with van der Waals surface area (Å²) in [7, 11) is 0. The van der Waals surface area contributed by atoms with Crippen molar-refractivity contribution in [2.45, 2.75) is 38.1 Å². The van der Waals surface area contributed by atoms with Gasteiger partial charge in [-0.1, -0.05) is 19.3 Å². The number of aromatic carboxylic acids is 1. The first kappa shape index (κ1) is 13.3. The van der Waals surface area contributed by atoms with Crippen LogP contribution < -0.4 is 10.6 Å². The van der Waals surface area contributed by atoms with Crippen LogP contribution in [0.5, 0.6) is 0 Å². The van der Waals surface area contributed by atoms with Crippen LogP contribution in [-0.4, -0.2) is 28.1 Å². The van der Waals surface area contributed by atoms with Crippen LogP contribution in [0.25, 0.3) is 0 Å². The minimum absolute atomic E-state index is 0.0359. The number of amides is 2. The number of nitrogens with zero attached hydrogens (tertiary/aromatic N) is 1. The summed E-state index contributed by atoms with van der Waals surface area (Å²) < 4.78 is 0. The molecule has 1 heterocycles. The lowest BCUT2D eigenvalue weighted by Gasteiger charge is -2.23. The van der Waals surface area contributed by atoms with E-state index in [2.05, 4.69) is 15.6 Å². The van der Waals surface area contributed by atoms with E-state index in [0.29, 0.717) is 0 Å². The molecule has 6 nitrogen and oxygen atoms in total. The lowest BCUT2D eigenvalue weighted by atomic mass is 9.96. The zero-order chi connectivity index (χ0) is 13.7. The maximum atomic E-state index is 11.8. The smallest absolute Gasteiger partial charge is 0.337 e. The first-order chi connectivity index (χ1) is 9.16. The van der Waals surface area contributed by atoms with Gasteiger partial charge in [-0.2, -0.15) is 0 Å². The van der Waals surface area contributed by atoms with Crippen molar-refractivity contribution >= 4 is 17.7 Å². The monoisotopic (exact) mass is 263 g/mol. The van der Waals surface area contributed by atoms with E-state index in [0.717, 1.165) is 25.7 Å². The third-order valence-corrected chi connectivity index (χ3v) is 3.24. The number of nitrogens with one attached hydrogen (secondary N) is 2. The second-order valence-corrected chi connectivity index (χ2v) is 4.66. The summed E-state index contributed by atoms with van der Waals surface area (Å²) in [5.74, 6) is -1.09. The van der Waals surface area contributed by atoms with Gasteiger partial charge < -0.3 is 15.7 Å². The minimum Gasteiger partial charge on any atom is -0.478 e. The third-order valence-electron chi connectivity index (χ3n) is 3.24. The quantitative estimate of drug-likeness (QED) is 0.779. The number of rotatable bonds is 3. The molecule has 1 saturated carbocycles. The highest BCUT2D eigenvalue weighted by Crippen LogP contribution is 2.18. The van der Waals surface area contributed by atoms with E-state index < -0.39 is 5.97 Å². The minimum atomic E-state index is -1.09. The zero-order valence-electron chi connectivity index (χ0n) is 10.6. The first-order valence-corrected chi connectivity index (χ1v) is 6.41. The molecule has 6 heteroatoms. The summed E-state index contributed by atoms with van der Waals surface area (Å²) in [4.78, 5) is 26.6. The summed E-state index contributed by atoms with van der Waals surface area (Å²) in [6.45, 7) is 0. The van der Waals surface area contributed by atoms with Crippen LogP contribution >= 0.6 is 0 Å². The number of aromatic nitrogens is 1. The average Bonchev–Trinajstić information content (AvgIpc) is 2.40. The van der Waals surface area contributed by atoms with Crippen LogP contribution in [0.1, 0.15) is 42.5 Å². The molecular weight excluding hydrogens is 246 g/mol. The normalized spacial score (nSPS) is 15.8. The van der Waals surface area contributed by atoms with Gasteiger partial charge in [0.25, 0.3) is 0 Å². The molecule has 1 aromatic rings. The van der Waals surface area contributed by atoms with Crippen molar-refractivity contribution in [3.05, 3.63) is 24.0 Å². The fraction of sp³-hybridized carbons (Fsp3) is 0.462. The van der Waals surface area contributed by atoms with Gasteiger partial charge in [0.15, 0.2) is 0 Å². The highest BCUT2D eigenvalue weighted by atomic mass is 16.4. The molecule has 3 N–H and O–H groups in total. The number of carbonyl (C=O) groups is 2. The summed E-state index contributed by atoms with van der Waals surface area (Å²) in [6.07, 6.45) is 8.14. The second kappa shape index (κ2) is 6.17. The summed E-state index contributed by atoms with van der Waals surface area (Å²) >= 11 is 0. The Morgan fingerprint density at radius 3 is 2.68 bits per heavy atom. The van der Waals surface area contributed by atoms with Crippen molar-refractivity contribution in [3.63, 3.8) is 0 Å². The molecule has 1 fully saturated rings. The van der Waals surface area contributed by atoms with Crippen molar-refractivity contribution in [2.75, 3.05) is 5.32 Å². The highest BCUT2D eigenvalue weighted by molar-refractivity contribution is 5.99. The molecule has 0 radical (unpaired) electrons. The van der Waals surface area contributed by atoms with E-state index in [-0.39, 0.29) is 23.3 Å². The highest BCUT2D eigenvalue weighted by Gasteiger charge is 2.17. The van der Waals surface area contributed by atoms with Gasteiger partial charge in [-0.3, -0.25) is 4.98 Å². The Morgan fingerprint density at radius 1 is 1.26 bits per heavy atom. The van der Waals surface area contributed by atoms with E-state index in [4.69, 9.17) is 5.11 Å². The fourth-order valence-corrected chi connectivity index (χ4v) is 2.27. The SMILES string of the molecule is O=C(Nc1cnccc1C(=O)O)NC1CCCCC1. The molecule has 0 atom stereocenters. The van der Waals surface area contributed by atoms with Gasteiger partial charge in [-0.05, 0) is 18.9 Å². The molecule has 0 bridgehead atoms. The summed E-state index contributed by atoms with van der Waals surface area (Å²) in [6, 6.07) is 1.17. The van der Waals surface area contributed by atoms with Gasteiger partial charge in [0.2, 0.25) is 0 Å². The maximum absolute atomic E-state index is 11.8. The Morgan fingerprint density at radius 2 is 2.00 bits per heavy atom. The van der Waals surface area contributed by atoms with Gasteiger partial charge in [0.1, 0.15) is 0 Å². The van der Waals surface area contributed by atoms with Gasteiger partial charge in [-0.15, -0.1) is 0 Å². The van der Waals surface area contributed by atoms with E-state index in [1.165, 1.54) is 24.9 Å². The molecule has 2 amide bonds. The van der Waals surface area contributed by atoms with Crippen LogP contribution in [0.2, 0.25) is 0 Å². The van der Waals surface area contributed by atoms with Crippen LogP contribution in [0.3, 0.4) is 0 Å². The van der Waals surface area contributed by atoms with Gasteiger partial charge in [0.05, 0.1) is 17.4 Å². The molecule has 0 aliphatic heterocycles.